The normalized spacial score (nSPS) is 9.64. The summed E-state index contributed by atoms with van der Waals surface area (Å²) in [4.78, 5) is 22.9. The molecule has 3 nitrogen and oxygen atoms in total. The third-order valence-electron chi connectivity index (χ3n) is 1.50. The Kier molecular flexibility index (Phi) is 4.77. The smallest absolute Gasteiger partial charge is 0.226 e. The fourth-order valence-corrected chi connectivity index (χ4v) is 1.17. The third-order valence-corrected chi connectivity index (χ3v) is 2.20. The predicted octanol–water partition coefficient (Wildman–Crippen LogP) is -0.445. The van der Waals surface area contributed by atoms with Crippen LogP contribution in [0.5, 0.6) is 0 Å². The van der Waals surface area contributed by atoms with Gasteiger partial charge in [0, 0.05) is 30.6 Å². The minimum atomic E-state index is -0.146. The molecule has 0 fully saturated rings. The molecule has 0 aliphatic carbocycles. The molecule has 0 saturated carbocycles. The van der Waals surface area contributed by atoms with Crippen LogP contribution in [0.15, 0.2) is 0 Å². The number of hydrogen-bond acceptors (Lipinski definition) is 2. The molecule has 0 radical (unpaired) electrons. The van der Waals surface area contributed by atoms with Crippen molar-refractivity contribution in [1.82, 2.24) is 4.90 Å². The zero-order valence-electron chi connectivity index (χ0n) is 7.39. The highest BCUT2D eigenvalue weighted by molar-refractivity contribution is 6.08. The first-order chi connectivity index (χ1) is 5.09. The minimum Gasteiger partial charge on any atom is -0.283 e. The molecule has 11 heavy (non-hydrogen) atoms. The van der Waals surface area contributed by atoms with Gasteiger partial charge in [-0.05, 0) is 6.42 Å². The topological polar surface area (TPSA) is 37.4 Å². The number of amides is 2. The number of imide groups is 1. The lowest BCUT2D eigenvalue weighted by Gasteiger charge is -2.15. The number of nitrogens with zero attached hydrogens (tertiary/aromatic N) is 1. The minimum absolute atomic E-state index is 0.146. The average Bonchev–Trinajstić information content (AvgIpc) is 1.87. The largest absolute Gasteiger partial charge is 0.283 e. The zero-order valence-corrected chi connectivity index (χ0v) is 9.39. The SMILES string of the molecule is CC(=O)N(CCC[SiH3])C(C)=O. The number of carbonyl (C=O) groups is 2. The van der Waals surface area contributed by atoms with Gasteiger partial charge < -0.3 is 0 Å². The van der Waals surface area contributed by atoms with Crippen LogP contribution in [0.3, 0.4) is 0 Å². The Hall–Kier alpha value is -0.643. The van der Waals surface area contributed by atoms with Gasteiger partial charge in [0.15, 0.2) is 0 Å². The molecule has 0 aromatic heterocycles. The van der Waals surface area contributed by atoms with E-state index in [0.29, 0.717) is 6.54 Å². The van der Waals surface area contributed by atoms with E-state index in [-0.39, 0.29) is 11.8 Å². The van der Waals surface area contributed by atoms with Crippen LogP contribution in [-0.4, -0.2) is 33.5 Å². The summed E-state index contributed by atoms with van der Waals surface area (Å²) in [6, 6.07) is 1.14. The van der Waals surface area contributed by atoms with E-state index < -0.39 is 0 Å². The molecule has 0 bridgehead atoms. The van der Waals surface area contributed by atoms with E-state index in [0.717, 1.165) is 22.7 Å². The van der Waals surface area contributed by atoms with Gasteiger partial charge in [0.1, 0.15) is 0 Å². The molecule has 0 N–H and O–H groups in total. The van der Waals surface area contributed by atoms with Gasteiger partial charge in [-0.25, -0.2) is 0 Å². The average molecular weight is 173 g/mol. The summed E-state index contributed by atoms with van der Waals surface area (Å²) in [6.07, 6.45) is 0.950. The van der Waals surface area contributed by atoms with Crippen molar-refractivity contribution in [2.45, 2.75) is 26.3 Å². The van der Waals surface area contributed by atoms with Crippen molar-refractivity contribution in [2.75, 3.05) is 6.54 Å². The molecular formula is C7H15NO2Si. The summed E-state index contributed by atoms with van der Waals surface area (Å²) in [5.74, 6) is -0.291. The second-order valence-corrected chi connectivity index (χ2v) is 3.54. The van der Waals surface area contributed by atoms with Crippen LogP contribution in [0.2, 0.25) is 6.04 Å². The molecule has 0 aliphatic rings. The van der Waals surface area contributed by atoms with Gasteiger partial charge in [-0.1, -0.05) is 6.04 Å². The Labute approximate surface area is 70.2 Å². The van der Waals surface area contributed by atoms with Crippen LogP contribution < -0.4 is 0 Å². The second kappa shape index (κ2) is 5.07. The molecule has 0 rings (SSSR count). The van der Waals surface area contributed by atoms with Gasteiger partial charge in [0.2, 0.25) is 11.8 Å². The molecule has 0 saturated heterocycles. The van der Waals surface area contributed by atoms with Crippen molar-refractivity contribution in [3.63, 3.8) is 0 Å². The quantitative estimate of drug-likeness (QED) is 0.542. The van der Waals surface area contributed by atoms with E-state index in [1.165, 1.54) is 18.7 Å². The molecule has 4 heteroatoms. The van der Waals surface area contributed by atoms with Crippen molar-refractivity contribution in [3.05, 3.63) is 0 Å². The molecular weight excluding hydrogens is 158 g/mol. The molecule has 0 atom stereocenters. The maximum Gasteiger partial charge on any atom is 0.226 e. The van der Waals surface area contributed by atoms with Crippen molar-refractivity contribution in [2.24, 2.45) is 0 Å². The lowest BCUT2D eigenvalue weighted by Crippen LogP contribution is -2.33. The summed E-state index contributed by atoms with van der Waals surface area (Å²) < 4.78 is 0. The van der Waals surface area contributed by atoms with Crippen LogP contribution in [-0.2, 0) is 9.59 Å². The van der Waals surface area contributed by atoms with E-state index in [9.17, 15) is 9.59 Å². The van der Waals surface area contributed by atoms with Crippen molar-refractivity contribution < 1.29 is 9.59 Å². The van der Waals surface area contributed by atoms with Crippen LogP contribution in [0.4, 0.5) is 0 Å². The predicted molar refractivity (Wildman–Crippen MR) is 47.4 cm³/mol. The van der Waals surface area contributed by atoms with Crippen molar-refractivity contribution in [3.8, 4) is 0 Å². The van der Waals surface area contributed by atoms with E-state index >= 15 is 0 Å². The summed E-state index contributed by atoms with van der Waals surface area (Å²) >= 11 is 0. The Morgan fingerprint density at radius 2 is 1.73 bits per heavy atom. The monoisotopic (exact) mass is 173 g/mol. The summed E-state index contributed by atoms with van der Waals surface area (Å²) in [5, 5.41) is 0. The number of rotatable bonds is 3. The Balaban J connectivity index is 3.90. The standard InChI is InChI=1S/C7H15NO2Si/c1-6(9)8(7(2)10)4-3-5-11/h3-5H2,1-2,11H3. The molecule has 0 aromatic carbocycles. The van der Waals surface area contributed by atoms with Gasteiger partial charge in [-0.15, -0.1) is 0 Å². The third kappa shape index (κ3) is 3.93. The highest BCUT2D eigenvalue weighted by atomic mass is 28.1. The summed E-state index contributed by atoms with van der Waals surface area (Å²) in [6.45, 7) is 3.44. The summed E-state index contributed by atoms with van der Waals surface area (Å²) in [5.41, 5.74) is 0. The first-order valence-corrected chi connectivity index (χ1v) is 5.29. The molecule has 0 aliphatic heterocycles. The van der Waals surface area contributed by atoms with E-state index in [1.54, 1.807) is 0 Å². The van der Waals surface area contributed by atoms with Gasteiger partial charge in [0.05, 0.1) is 0 Å². The van der Waals surface area contributed by atoms with E-state index in [2.05, 4.69) is 0 Å². The molecule has 0 heterocycles. The Morgan fingerprint density at radius 1 is 1.27 bits per heavy atom. The molecule has 0 aromatic rings. The first kappa shape index (κ1) is 10.4. The highest BCUT2D eigenvalue weighted by Gasteiger charge is 2.11. The molecule has 0 unspecified atom stereocenters. The van der Waals surface area contributed by atoms with Crippen LogP contribution >= 0.6 is 0 Å². The second-order valence-electron chi connectivity index (χ2n) is 2.54. The summed E-state index contributed by atoms with van der Waals surface area (Å²) in [7, 11) is 1.14. The van der Waals surface area contributed by atoms with Gasteiger partial charge in [0.25, 0.3) is 0 Å². The van der Waals surface area contributed by atoms with E-state index in [1.807, 2.05) is 0 Å². The fraction of sp³-hybridized carbons (Fsp3) is 0.714. The van der Waals surface area contributed by atoms with Crippen molar-refractivity contribution >= 4 is 22.1 Å². The lowest BCUT2D eigenvalue weighted by atomic mass is 10.4. The molecule has 2 amide bonds. The Bertz CT molecular complexity index is 145. The first-order valence-electron chi connectivity index (χ1n) is 3.88. The van der Waals surface area contributed by atoms with E-state index in [4.69, 9.17) is 0 Å². The van der Waals surface area contributed by atoms with Gasteiger partial charge in [-0.2, -0.15) is 0 Å². The maximum atomic E-state index is 10.8. The number of hydrogen-bond donors (Lipinski definition) is 0. The fourth-order valence-electron chi connectivity index (χ4n) is 0.853. The van der Waals surface area contributed by atoms with Crippen molar-refractivity contribution in [1.29, 1.82) is 0 Å². The van der Waals surface area contributed by atoms with Crippen LogP contribution in [0.1, 0.15) is 20.3 Å². The van der Waals surface area contributed by atoms with Gasteiger partial charge >= 0.3 is 0 Å². The molecule has 64 valence electrons. The number of carbonyl (C=O) groups excluding carboxylic acids is 2. The highest BCUT2D eigenvalue weighted by Crippen LogP contribution is 1.95. The Morgan fingerprint density at radius 3 is 2.00 bits per heavy atom. The lowest BCUT2D eigenvalue weighted by molar-refractivity contribution is -0.142. The zero-order chi connectivity index (χ0) is 8.85. The molecule has 0 spiro atoms. The van der Waals surface area contributed by atoms with Crippen LogP contribution in [0.25, 0.3) is 0 Å². The van der Waals surface area contributed by atoms with Crippen LogP contribution in [0, 0.1) is 0 Å². The van der Waals surface area contributed by atoms with Gasteiger partial charge in [-0.3, -0.25) is 14.5 Å². The maximum absolute atomic E-state index is 10.8.